The van der Waals surface area contributed by atoms with E-state index in [1.54, 1.807) is 29.2 Å². The summed E-state index contributed by atoms with van der Waals surface area (Å²) in [5.41, 5.74) is 26.4. The van der Waals surface area contributed by atoms with Gasteiger partial charge in [-0.15, -0.1) is 0 Å². The first-order valence-electron chi connectivity index (χ1n) is 53.0. The number of benzene rings is 17. The lowest BCUT2D eigenvalue weighted by Gasteiger charge is -2.46. The molecule has 0 amide bonds. The molecule has 0 spiro atoms. The molecule has 5 heterocycles. The molecular weight excluding hydrogens is 1610 g/mol. The highest BCUT2D eigenvalue weighted by atomic mass is 15.2. The van der Waals surface area contributed by atoms with E-state index < -0.39 is 96.1 Å². The van der Waals surface area contributed by atoms with Crippen molar-refractivity contribution in [2.45, 2.75) is 157 Å². The highest BCUT2D eigenvalue weighted by Crippen LogP contribution is 2.58. The number of para-hydroxylation sites is 3. The van der Waals surface area contributed by atoms with Crippen LogP contribution in [-0.2, 0) is 32.5 Å². The minimum atomic E-state index is -0.663. The van der Waals surface area contributed by atoms with Gasteiger partial charge in [-0.25, -0.2) is 0 Å². The molecule has 0 N–H and O–H groups in total. The van der Waals surface area contributed by atoms with Gasteiger partial charge in [0.15, 0.2) is 0 Å². The Labute approximate surface area is 803 Å². The third-order valence-corrected chi connectivity index (χ3v) is 27.6. The Bertz CT molecular complexity index is 8150. The van der Waals surface area contributed by atoms with Gasteiger partial charge in [0.25, 0.3) is 6.71 Å². The van der Waals surface area contributed by atoms with Crippen LogP contribution < -0.4 is 31.1 Å². The number of nitrogens with zero attached hydrogens (tertiary/aromatic N) is 6. The third-order valence-electron chi connectivity index (χ3n) is 27.6. The Balaban J connectivity index is 0.963. The van der Waals surface area contributed by atoms with Gasteiger partial charge in [-0.2, -0.15) is 0 Å². The van der Waals surface area contributed by atoms with Crippen LogP contribution in [0.25, 0.3) is 127 Å². The molecule has 20 aromatic rings. The summed E-state index contributed by atoms with van der Waals surface area (Å²) < 4.78 is 132. The standard InChI is InChI=1S/C126H115BN6/c1-121(2,3)84-52-64-110-102(68-84)103-69-85(122(4,5)6)53-65-111(103)130(110)93-60-62-106-114(76-93)132(119-98(80-38-24-19-25-39-80)72-88(125(13,14)15)73-99(119)81-40-26-20-27-41-81)116-78-95(128(90-46-32-23-33-47-90)91-56-58-92(59-57-91)129-108-50-36-34-48-96(108)97-49-35-37-51-109(97)129)79-117-118(116)127(106)107-63-61-94(131-112-66-54-86(123(7,8)9)70-104(112)105-71-87(124(10,11)12)55-67-113(105)131)77-115(107)133(117)120-100(82-42-28-21-29-43-82)74-89(126(16,17)18)75-101(120)83-44-30-22-31-45-83/h19-79H,1-18H3/i23D,32D,33D,34D,35D,36D,37D,46D,47D,48D,49D,50D,51D. The van der Waals surface area contributed by atoms with Crippen molar-refractivity contribution in [3.8, 4) is 61.6 Å². The lowest BCUT2D eigenvalue weighted by Crippen LogP contribution is -2.61. The summed E-state index contributed by atoms with van der Waals surface area (Å²) in [5, 5.41) is 4.26. The summed E-state index contributed by atoms with van der Waals surface area (Å²) in [6, 6.07) is 98.1. The molecular formula is C126H115BN6. The molecule has 17 aromatic carbocycles. The van der Waals surface area contributed by atoms with Crippen LogP contribution in [0, 0.1) is 0 Å². The van der Waals surface area contributed by atoms with Crippen molar-refractivity contribution in [2.75, 3.05) is 14.7 Å². The SMILES string of the molecule is [2H]c1c([2H])c([2H])c(N(c2ccc(-n3c4c([2H])c([2H])c([2H])c([2H])c4c4c([2H])c([2H])c([2H])c([2H])c43)cc2)c2cc3c4c(c2)N(c2c(-c5ccccc5)cc(C(C)(C)C)cc2-c2ccccc2)c2cc(-n5c6ccc(C(C)(C)C)cc6c6cc(C(C)(C)C)ccc65)ccc2B4c2ccc(-n4c5ccc(C(C)(C)C)cc5c5cc(C(C)(C)C)ccc54)cc2N3c2c(-c3ccccc3)cc(C(C)(C)C)cc2-c2ccccc2)c([2H])c1[2H]. The first-order chi connectivity index (χ1) is 69.2. The summed E-state index contributed by atoms with van der Waals surface area (Å²) >= 11 is 0. The molecule has 652 valence electrons. The van der Waals surface area contributed by atoms with Gasteiger partial charge in [-0.05, 0) is 262 Å². The number of aromatic nitrogens is 3. The van der Waals surface area contributed by atoms with Crippen LogP contribution in [0.4, 0.5) is 51.2 Å². The Kier molecular flexibility index (Phi) is 16.5. The lowest BCUT2D eigenvalue weighted by molar-refractivity contribution is 0.590. The average molecular weight is 1740 g/mol. The number of anilines is 9. The van der Waals surface area contributed by atoms with Crippen molar-refractivity contribution in [3.05, 3.63) is 403 Å². The van der Waals surface area contributed by atoms with E-state index in [0.717, 1.165) is 150 Å². The van der Waals surface area contributed by atoms with Gasteiger partial charge in [-0.3, -0.25) is 0 Å². The minimum absolute atomic E-state index is 0.0887. The van der Waals surface area contributed by atoms with Gasteiger partial charge in [0.2, 0.25) is 0 Å². The zero-order chi connectivity index (χ0) is 103. The molecule has 0 radical (unpaired) electrons. The fraction of sp³-hybridized carbons (Fsp3) is 0.190. The number of hydrogen-bond acceptors (Lipinski definition) is 3. The Morgan fingerprint density at radius 1 is 0.233 bits per heavy atom. The van der Waals surface area contributed by atoms with Gasteiger partial charge in [0.1, 0.15) is 0 Å². The van der Waals surface area contributed by atoms with Gasteiger partial charge in [0, 0.05) is 106 Å². The van der Waals surface area contributed by atoms with Crippen molar-refractivity contribution in [2.24, 2.45) is 0 Å². The van der Waals surface area contributed by atoms with E-state index in [1.165, 1.54) is 26.8 Å². The monoisotopic (exact) mass is 1740 g/mol. The molecule has 133 heavy (non-hydrogen) atoms. The molecule has 6 nitrogen and oxygen atoms in total. The average Bonchev–Trinajstić information content (AvgIpc) is 0.774. The second-order valence-electron chi connectivity index (χ2n) is 42.5. The molecule has 0 atom stereocenters. The zero-order valence-electron chi connectivity index (χ0n) is 92.0. The predicted molar refractivity (Wildman–Crippen MR) is 572 cm³/mol. The van der Waals surface area contributed by atoms with E-state index in [0.29, 0.717) is 17.1 Å². The normalized spacial score (nSPS) is 14.5. The Morgan fingerprint density at radius 3 is 0.857 bits per heavy atom. The molecule has 0 saturated carbocycles. The molecule has 22 rings (SSSR count). The largest absolute Gasteiger partial charge is 0.310 e. The van der Waals surface area contributed by atoms with Crippen LogP contribution in [0.5, 0.6) is 0 Å². The van der Waals surface area contributed by atoms with Crippen molar-refractivity contribution >= 4 is 140 Å². The van der Waals surface area contributed by atoms with E-state index in [-0.39, 0.29) is 60.5 Å². The fourth-order valence-electron chi connectivity index (χ4n) is 20.5. The summed E-state index contributed by atoms with van der Waals surface area (Å²) in [6.45, 7) is 40.1. The molecule has 0 fully saturated rings. The van der Waals surface area contributed by atoms with Gasteiger partial charge in [-0.1, -0.05) is 337 Å². The van der Waals surface area contributed by atoms with Crippen molar-refractivity contribution in [1.29, 1.82) is 0 Å². The highest BCUT2D eigenvalue weighted by molar-refractivity contribution is 7.00. The first-order valence-corrected chi connectivity index (χ1v) is 46.5. The molecule has 7 heteroatoms. The summed E-state index contributed by atoms with van der Waals surface area (Å²) in [7, 11) is 0. The Morgan fingerprint density at radius 2 is 0.534 bits per heavy atom. The molecule has 2 aliphatic heterocycles. The van der Waals surface area contributed by atoms with E-state index in [9.17, 15) is 15.1 Å². The molecule has 2 aliphatic rings. The first kappa shape index (κ1) is 70.4. The van der Waals surface area contributed by atoms with Crippen molar-refractivity contribution in [1.82, 2.24) is 13.7 Å². The van der Waals surface area contributed by atoms with E-state index in [1.807, 2.05) is 0 Å². The van der Waals surface area contributed by atoms with Crippen molar-refractivity contribution in [3.63, 3.8) is 0 Å². The van der Waals surface area contributed by atoms with Crippen LogP contribution in [0.2, 0.25) is 0 Å². The minimum Gasteiger partial charge on any atom is -0.310 e. The van der Waals surface area contributed by atoms with Crippen LogP contribution in [-0.4, -0.2) is 20.4 Å². The second-order valence-corrected chi connectivity index (χ2v) is 42.5. The van der Waals surface area contributed by atoms with Gasteiger partial charge >= 0.3 is 0 Å². The molecule has 0 unspecified atom stereocenters. The highest BCUT2D eigenvalue weighted by Gasteiger charge is 2.47. The third kappa shape index (κ3) is 14.3. The van der Waals surface area contributed by atoms with E-state index in [2.05, 4.69) is 410 Å². The second kappa shape index (κ2) is 31.1. The lowest BCUT2D eigenvalue weighted by atomic mass is 9.33. The quantitative estimate of drug-likeness (QED) is 0.114. The molecule has 0 bridgehead atoms. The van der Waals surface area contributed by atoms with Gasteiger partial charge < -0.3 is 28.4 Å². The zero-order valence-corrected chi connectivity index (χ0v) is 79.0. The fourth-order valence-corrected chi connectivity index (χ4v) is 20.5. The van der Waals surface area contributed by atoms with E-state index in [4.69, 9.17) is 2.74 Å². The molecule has 0 saturated heterocycles. The maximum absolute atomic E-state index is 10.7. The maximum Gasteiger partial charge on any atom is 0.252 e. The predicted octanol–water partition coefficient (Wildman–Crippen LogP) is 33.0. The topological polar surface area (TPSA) is 24.5 Å². The molecule has 3 aromatic heterocycles. The van der Waals surface area contributed by atoms with E-state index >= 15 is 0 Å². The number of rotatable bonds is 12. The van der Waals surface area contributed by atoms with Gasteiger partial charge in [0.05, 0.1) is 68.0 Å². The molecule has 0 aliphatic carbocycles. The summed E-state index contributed by atoms with van der Waals surface area (Å²) in [4.78, 5) is 6.73. The number of fused-ring (bicyclic) bond motifs is 13. The van der Waals surface area contributed by atoms with Crippen LogP contribution >= 0.6 is 0 Å². The summed E-state index contributed by atoms with van der Waals surface area (Å²) in [6.07, 6.45) is 0. The van der Waals surface area contributed by atoms with Crippen LogP contribution in [0.1, 0.15) is 176 Å². The van der Waals surface area contributed by atoms with Crippen molar-refractivity contribution < 1.29 is 17.8 Å². The number of hydrogen-bond donors (Lipinski definition) is 0. The smallest absolute Gasteiger partial charge is 0.252 e. The Hall–Kier alpha value is -14.4. The summed E-state index contributed by atoms with van der Waals surface area (Å²) in [5.74, 6) is 0. The maximum atomic E-state index is 10.7. The van der Waals surface area contributed by atoms with Crippen LogP contribution in [0.15, 0.2) is 370 Å². The van der Waals surface area contributed by atoms with Crippen LogP contribution in [0.3, 0.4) is 0 Å².